The summed E-state index contributed by atoms with van der Waals surface area (Å²) in [7, 11) is 0. The molecule has 2 aromatic rings. The number of fused-ring (bicyclic) bond motifs is 1. The number of aromatic amines is 1. The molecule has 0 radical (unpaired) electrons. The van der Waals surface area contributed by atoms with Crippen molar-refractivity contribution in [2.24, 2.45) is 0 Å². The molecule has 68 valence electrons. The van der Waals surface area contributed by atoms with Crippen molar-refractivity contribution >= 4 is 22.0 Å². The Bertz CT molecular complexity index is 389. The summed E-state index contributed by atoms with van der Waals surface area (Å²) < 4.78 is 9.16. The number of hydrogen-bond donors (Lipinski definition) is 2. The number of rotatable bonds is 1. The van der Waals surface area contributed by atoms with E-state index in [-0.39, 0.29) is 6.23 Å². The molecule has 1 fully saturated rings. The summed E-state index contributed by atoms with van der Waals surface area (Å²) in [5, 5.41) is 7.04. The molecule has 0 spiro atoms. The smallest absolute Gasteiger partial charge is 0.193 e. The quantitative estimate of drug-likeness (QED) is 0.674. The van der Waals surface area contributed by atoms with Gasteiger partial charge in [-0.1, -0.05) is 4.49 Å². The third kappa shape index (κ3) is 1.12. The molecule has 0 saturated carbocycles. The number of imidazole rings is 1. The molecule has 1 atom stereocenters. The van der Waals surface area contributed by atoms with Gasteiger partial charge in [-0.15, -0.1) is 5.10 Å². The molecule has 0 aromatic carbocycles. The molecule has 3 rings (SSSR count). The third-order valence-corrected chi connectivity index (χ3v) is 2.52. The van der Waals surface area contributed by atoms with Crippen LogP contribution in [0.1, 0.15) is 12.1 Å². The molecular formula is C6H7N5OS. The van der Waals surface area contributed by atoms with Gasteiger partial charge in [0, 0.05) is 18.1 Å². The van der Waals surface area contributed by atoms with Crippen LogP contribution in [0.25, 0.3) is 10.5 Å². The SMILES string of the molecule is C1COC(c2nc3snnc3[nH]2)N1. The zero-order chi connectivity index (χ0) is 8.67. The molecule has 2 N–H and O–H groups in total. The van der Waals surface area contributed by atoms with Crippen LogP contribution in [0, 0.1) is 0 Å². The van der Waals surface area contributed by atoms with Gasteiger partial charge in [0.25, 0.3) is 0 Å². The summed E-state index contributed by atoms with van der Waals surface area (Å²) in [5.74, 6) is 0.786. The van der Waals surface area contributed by atoms with Crippen LogP contribution in [0.2, 0.25) is 0 Å². The molecule has 6 nitrogen and oxygen atoms in total. The van der Waals surface area contributed by atoms with Crippen LogP contribution in [0.3, 0.4) is 0 Å². The van der Waals surface area contributed by atoms with E-state index in [1.54, 1.807) is 0 Å². The second-order valence-electron chi connectivity index (χ2n) is 2.75. The first-order chi connectivity index (χ1) is 6.43. The van der Waals surface area contributed by atoms with E-state index in [0.717, 1.165) is 29.5 Å². The highest BCUT2D eigenvalue weighted by Crippen LogP contribution is 2.19. The maximum atomic E-state index is 5.39. The van der Waals surface area contributed by atoms with Crippen LogP contribution in [-0.2, 0) is 4.74 Å². The fourth-order valence-corrected chi connectivity index (χ4v) is 1.84. The first kappa shape index (κ1) is 7.36. The molecule has 1 unspecified atom stereocenters. The Kier molecular flexibility index (Phi) is 1.54. The molecule has 7 heteroatoms. The summed E-state index contributed by atoms with van der Waals surface area (Å²) in [4.78, 5) is 8.19. The van der Waals surface area contributed by atoms with Gasteiger partial charge >= 0.3 is 0 Å². The summed E-state index contributed by atoms with van der Waals surface area (Å²) in [6.07, 6.45) is -0.110. The van der Waals surface area contributed by atoms with Crippen LogP contribution in [0.15, 0.2) is 0 Å². The Morgan fingerprint density at radius 1 is 1.54 bits per heavy atom. The fourth-order valence-electron chi connectivity index (χ4n) is 1.32. The predicted molar refractivity (Wildman–Crippen MR) is 46.3 cm³/mol. The fraction of sp³-hybridized carbons (Fsp3) is 0.500. The van der Waals surface area contributed by atoms with Crippen LogP contribution >= 0.6 is 11.5 Å². The maximum absolute atomic E-state index is 5.39. The lowest BCUT2D eigenvalue weighted by Gasteiger charge is -2.04. The van der Waals surface area contributed by atoms with Gasteiger partial charge in [-0.05, 0) is 0 Å². The Morgan fingerprint density at radius 3 is 3.31 bits per heavy atom. The highest BCUT2D eigenvalue weighted by atomic mass is 32.1. The van der Waals surface area contributed by atoms with Crippen molar-refractivity contribution in [2.75, 3.05) is 13.2 Å². The number of nitrogens with zero attached hydrogens (tertiary/aromatic N) is 3. The average molecular weight is 197 g/mol. The monoisotopic (exact) mass is 197 g/mol. The van der Waals surface area contributed by atoms with Gasteiger partial charge in [-0.3, -0.25) is 5.32 Å². The summed E-state index contributed by atoms with van der Waals surface area (Å²) >= 11 is 1.28. The van der Waals surface area contributed by atoms with Gasteiger partial charge in [-0.25, -0.2) is 4.98 Å². The van der Waals surface area contributed by atoms with E-state index in [4.69, 9.17) is 4.74 Å². The van der Waals surface area contributed by atoms with E-state index in [0.29, 0.717) is 0 Å². The van der Waals surface area contributed by atoms with Crippen LogP contribution in [0.5, 0.6) is 0 Å². The number of hydrogen-bond acceptors (Lipinski definition) is 6. The van der Waals surface area contributed by atoms with E-state index in [1.165, 1.54) is 11.5 Å². The molecule has 0 bridgehead atoms. The first-order valence-corrected chi connectivity index (χ1v) is 4.74. The van der Waals surface area contributed by atoms with Gasteiger partial charge in [0.05, 0.1) is 6.61 Å². The van der Waals surface area contributed by atoms with Crippen molar-refractivity contribution in [3.05, 3.63) is 5.82 Å². The number of nitrogens with one attached hydrogen (secondary N) is 2. The molecule has 1 aliphatic rings. The van der Waals surface area contributed by atoms with Crippen molar-refractivity contribution < 1.29 is 4.74 Å². The second kappa shape index (κ2) is 2.72. The average Bonchev–Trinajstić information content (AvgIpc) is 2.78. The Hall–Kier alpha value is -1.05. The van der Waals surface area contributed by atoms with Crippen LogP contribution in [0.4, 0.5) is 0 Å². The minimum atomic E-state index is -0.110. The first-order valence-electron chi connectivity index (χ1n) is 3.96. The Labute approximate surface area is 77.5 Å². The maximum Gasteiger partial charge on any atom is 0.193 e. The van der Waals surface area contributed by atoms with Crippen LogP contribution in [-0.4, -0.2) is 32.7 Å². The molecule has 2 aromatic heterocycles. The predicted octanol–water partition coefficient (Wildman–Crippen LogP) is 0.0328. The normalized spacial score (nSPS) is 22.9. The van der Waals surface area contributed by atoms with Gasteiger partial charge in [0.1, 0.15) is 0 Å². The number of ether oxygens (including phenoxy) is 1. The largest absolute Gasteiger partial charge is 0.354 e. The van der Waals surface area contributed by atoms with E-state index in [1.807, 2.05) is 0 Å². The van der Waals surface area contributed by atoms with Crippen LogP contribution < -0.4 is 5.32 Å². The molecule has 13 heavy (non-hydrogen) atoms. The Balaban J connectivity index is 2.02. The van der Waals surface area contributed by atoms with Crippen molar-refractivity contribution in [3.8, 4) is 0 Å². The summed E-state index contributed by atoms with van der Waals surface area (Å²) in [5.41, 5.74) is 0.734. The summed E-state index contributed by atoms with van der Waals surface area (Å²) in [6, 6.07) is 0. The minimum absolute atomic E-state index is 0.110. The molecule has 1 aliphatic heterocycles. The highest BCUT2D eigenvalue weighted by molar-refractivity contribution is 7.12. The summed E-state index contributed by atoms with van der Waals surface area (Å²) in [6.45, 7) is 1.59. The van der Waals surface area contributed by atoms with Crippen molar-refractivity contribution in [2.45, 2.75) is 6.23 Å². The minimum Gasteiger partial charge on any atom is -0.354 e. The van der Waals surface area contributed by atoms with Crippen molar-refractivity contribution in [1.82, 2.24) is 24.9 Å². The van der Waals surface area contributed by atoms with E-state index in [9.17, 15) is 0 Å². The van der Waals surface area contributed by atoms with Crippen molar-refractivity contribution in [3.63, 3.8) is 0 Å². The number of aromatic nitrogens is 4. The van der Waals surface area contributed by atoms with Gasteiger partial charge in [-0.2, -0.15) is 0 Å². The Morgan fingerprint density at radius 2 is 2.54 bits per heavy atom. The highest BCUT2D eigenvalue weighted by Gasteiger charge is 2.20. The topological polar surface area (TPSA) is 75.7 Å². The van der Waals surface area contributed by atoms with Crippen molar-refractivity contribution in [1.29, 1.82) is 0 Å². The lowest BCUT2D eigenvalue weighted by atomic mass is 10.5. The van der Waals surface area contributed by atoms with E-state index < -0.39 is 0 Å². The third-order valence-electron chi connectivity index (χ3n) is 1.90. The molecule has 0 amide bonds. The van der Waals surface area contributed by atoms with E-state index in [2.05, 4.69) is 24.9 Å². The molecule has 0 aliphatic carbocycles. The second-order valence-corrected chi connectivity index (χ2v) is 3.49. The van der Waals surface area contributed by atoms with Gasteiger partial charge < -0.3 is 9.72 Å². The van der Waals surface area contributed by atoms with E-state index >= 15 is 0 Å². The van der Waals surface area contributed by atoms with Gasteiger partial charge in [0.15, 0.2) is 22.5 Å². The molecule has 1 saturated heterocycles. The number of H-pyrrole nitrogens is 1. The standard InChI is InChI=1S/C6H7N5OS/c1-2-12-5(7-1)3-8-4-6(9-3)13-11-10-4/h5,7H,1-2H2,(H,8,9). The molecule has 3 heterocycles. The van der Waals surface area contributed by atoms with Gasteiger partial charge in [0.2, 0.25) is 0 Å². The lowest BCUT2D eigenvalue weighted by molar-refractivity contribution is 0.0957. The zero-order valence-corrected chi connectivity index (χ0v) is 7.47. The molecular weight excluding hydrogens is 190 g/mol. The zero-order valence-electron chi connectivity index (χ0n) is 6.65. The lowest BCUT2D eigenvalue weighted by Crippen LogP contribution is -2.15.